The van der Waals surface area contributed by atoms with Gasteiger partial charge in [0.2, 0.25) is 11.8 Å². The van der Waals surface area contributed by atoms with Gasteiger partial charge < -0.3 is 19.7 Å². The largest absolute Gasteiger partial charge is 0.490 e. The van der Waals surface area contributed by atoms with E-state index in [9.17, 15) is 29.2 Å². The summed E-state index contributed by atoms with van der Waals surface area (Å²) in [7, 11) is 0. The van der Waals surface area contributed by atoms with Gasteiger partial charge >= 0.3 is 0 Å². The van der Waals surface area contributed by atoms with Crippen molar-refractivity contribution in [3.8, 4) is 17.6 Å². The minimum atomic E-state index is -1.01. The molecular weight excluding hydrogens is 788 g/mol. The van der Waals surface area contributed by atoms with E-state index in [0.29, 0.717) is 40.1 Å². The number of nitrogens with zero attached hydrogens (tertiary/aromatic N) is 6. The number of amides is 5. The highest BCUT2D eigenvalue weighted by molar-refractivity contribution is 6.31. The summed E-state index contributed by atoms with van der Waals surface area (Å²) in [6.45, 7) is 15.2. The molecule has 0 bridgehead atoms. The second kappa shape index (κ2) is 15.5. The molecule has 1 atom stereocenters. The maximum Gasteiger partial charge on any atom is 0.272 e. The lowest BCUT2D eigenvalue weighted by Gasteiger charge is -2.63. The number of fused-ring (bicyclic) bond motifs is 1. The van der Waals surface area contributed by atoms with Crippen molar-refractivity contribution < 1.29 is 33.4 Å². The van der Waals surface area contributed by atoms with Crippen LogP contribution in [0.4, 0.5) is 5.82 Å². The lowest BCUT2D eigenvalue weighted by atomic mass is 9.49. The van der Waals surface area contributed by atoms with Crippen molar-refractivity contribution in [1.82, 2.24) is 30.6 Å². The maximum atomic E-state index is 13.4. The fourth-order valence-electron chi connectivity index (χ4n) is 9.99. The summed E-state index contributed by atoms with van der Waals surface area (Å²) >= 11 is 6.24. The lowest BCUT2D eigenvalue weighted by molar-refractivity contribution is -0.164. The molecule has 4 heterocycles. The molecular formula is C44H49ClN8O7. The SMILES string of the molecule is CC(C)N(CC1CN(c2ccc(C(=O)N[C@H]3C(C)(C)[C@H](Oc4ccc(C#N)c(Cl)c4)C3(C)C)nn2)C1)[C@H]1C[C@H](Oc2ccc3c(c2)C(=O)N(C2CCC(=O)NC2=O)C3=O)C1. The van der Waals surface area contributed by atoms with Gasteiger partial charge in [0.25, 0.3) is 17.7 Å². The van der Waals surface area contributed by atoms with Gasteiger partial charge in [-0.05, 0) is 62.7 Å². The molecule has 5 aliphatic rings. The molecule has 16 heteroatoms. The summed E-state index contributed by atoms with van der Waals surface area (Å²) in [5.74, 6) is -0.214. The zero-order chi connectivity index (χ0) is 42.8. The van der Waals surface area contributed by atoms with E-state index in [1.807, 2.05) is 6.07 Å². The van der Waals surface area contributed by atoms with Crippen molar-refractivity contribution in [1.29, 1.82) is 5.26 Å². The quantitative estimate of drug-likeness (QED) is 0.239. The Bertz CT molecular complexity index is 2280. The van der Waals surface area contributed by atoms with Gasteiger partial charge in [0.15, 0.2) is 11.5 Å². The zero-order valence-electron chi connectivity index (χ0n) is 34.5. The molecule has 60 heavy (non-hydrogen) atoms. The summed E-state index contributed by atoms with van der Waals surface area (Å²) < 4.78 is 12.6. The Morgan fingerprint density at radius 3 is 2.28 bits per heavy atom. The van der Waals surface area contributed by atoms with Crippen LogP contribution in [0.2, 0.25) is 5.02 Å². The number of benzene rings is 2. The highest BCUT2D eigenvalue weighted by atomic mass is 35.5. The average Bonchev–Trinajstić information content (AvgIpc) is 3.41. The number of nitriles is 1. The standard InChI is InChI=1S/C44H49ClN8O7/c1-23(2)52(26-15-29(16-26)59-27-9-10-30-31(17-27)40(58)53(39(30)57)34-12-14-36(54)47-38(34)56)22-24-20-51(21-24)35-13-11-33(49-50-35)37(55)48-41-43(3,4)42(44(41,5)6)60-28-8-7-25(19-46)32(45)18-28/h7-11,13,17-18,23-24,26,29,34,41-42H,12,14-16,20-22H2,1-6H3,(H,48,55)(H,47,54,56)/t26-,29-,34?,41-,42-. The van der Waals surface area contributed by atoms with E-state index in [2.05, 4.69) is 78.2 Å². The predicted molar refractivity (Wildman–Crippen MR) is 220 cm³/mol. The van der Waals surface area contributed by atoms with Crippen LogP contribution in [-0.2, 0) is 9.59 Å². The van der Waals surface area contributed by atoms with Crippen LogP contribution in [0.1, 0.15) is 104 Å². The Morgan fingerprint density at radius 2 is 1.65 bits per heavy atom. The third-order valence-corrected chi connectivity index (χ3v) is 13.3. The molecule has 1 unspecified atom stereocenters. The van der Waals surface area contributed by atoms with Crippen molar-refractivity contribution in [3.63, 3.8) is 0 Å². The number of aromatic nitrogens is 2. The van der Waals surface area contributed by atoms with Crippen LogP contribution >= 0.6 is 11.6 Å². The number of imide groups is 2. The Kier molecular flexibility index (Phi) is 10.6. The Balaban J connectivity index is 0.798. The van der Waals surface area contributed by atoms with Crippen molar-refractivity contribution in [2.24, 2.45) is 16.7 Å². The first-order valence-corrected chi connectivity index (χ1v) is 20.9. The van der Waals surface area contributed by atoms with Crippen LogP contribution in [0.3, 0.4) is 0 Å². The van der Waals surface area contributed by atoms with Crippen molar-refractivity contribution >= 4 is 47.0 Å². The minimum absolute atomic E-state index is 0.0404. The normalized spacial score (nSPS) is 25.5. The molecule has 8 rings (SSSR count). The fraction of sp³-hybridized carbons (Fsp3) is 0.500. The minimum Gasteiger partial charge on any atom is -0.490 e. The van der Waals surface area contributed by atoms with E-state index < -0.39 is 40.5 Å². The van der Waals surface area contributed by atoms with Crippen LogP contribution in [0.15, 0.2) is 48.5 Å². The lowest BCUT2D eigenvalue weighted by Crippen LogP contribution is -2.74. The second-order valence-electron chi connectivity index (χ2n) is 18.2. The number of nitrogens with one attached hydrogen (secondary N) is 2. The van der Waals surface area contributed by atoms with Gasteiger partial charge in [-0.15, -0.1) is 10.2 Å². The summed E-state index contributed by atoms with van der Waals surface area (Å²) in [5.41, 5.74) is 0.237. The van der Waals surface area contributed by atoms with Gasteiger partial charge in [-0.1, -0.05) is 39.3 Å². The molecule has 2 aliphatic carbocycles. The van der Waals surface area contributed by atoms with Gasteiger partial charge in [-0.25, -0.2) is 0 Å². The summed E-state index contributed by atoms with van der Waals surface area (Å²) in [5, 5.41) is 23.7. The zero-order valence-corrected chi connectivity index (χ0v) is 35.3. The third kappa shape index (κ3) is 7.34. The van der Waals surface area contributed by atoms with Crippen molar-refractivity contribution in [2.75, 3.05) is 24.5 Å². The van der Waals surface area contributed by atoms with E-state index in [4.69, 9.17) is 21.1 Å². The van der Waals surface area contributed by atoms with Crippen LogP contribution in [0, 0.1) is 28.1 Å². The molecule has 4 fully saturated rings. The summed E-state index contributed by atoms with van der Waals surface area (Å²) in [6, 6.07) is 14.9. The molecule has 3 aliphatic heterocycles. The van der Waals surface area contributed by atoms with E-state index >= 15 is 0 Å². The van der Waals surface area contributed by atoms with E-state index in [1.165, 1.54) is 0 Å². The summed E-state index contributed by atoms with van der Waals surface area (Å²) in [6.07, 6.45) is 1.56. The number of anilines is 1. The highest BCUT2D eigenvalue weighted by Crippen LogP contribution is 2.55. The van der Waals surface area contributed by atoms with Crippen LogP contribution < -0.4 is 25.0 Å². The fourth-order valence-corrected chi connectivity index (χ4v) is 10.2. The number of rotatable bonds is 12. The molecule has 2 saturated carbocycles. The van der Waals surface area contributed by atoms with Crippen molar-refractivity contribution in [2.45, 2.75) is 104 Å². The van der Waals surface area contributed by atoms with E-state index in [-0.39, 0.29) is 53.8 Å². The number of hydrogen-bond acceptors (Lipinski definition) is 12. The number of carbonyl (C=O) groups is 5. The van der Waals surface area contributed by atoms with E-state index in [1.54, 1.807) is 42.5 Å². The maximum absolute atomic E-state index is 13.4. The van der Waals surface area contributed by atoms with Gasteiger partial charge in [0, 0.05) is 79.8 Å². The van der Waals surface area contributed by atoms with Crippen molar-refractivity contribution in [3.05, 3.63) is 75.9 Å². The van der Waals surface area contributed by atoms with Gasteiger partial charge in [0.1, 0.15) is 35.8 Å². The first-order chi connectivity index (χ1) is 28.5. The number of halogens is 1. The number of ether oxygens (including phenoxy) is 2. The monoisotopic (exact) mass is 836 g/mol. The molecule has 2 saturated heterocycles. The topological polar surface area (TPSA) is 187 Å². The second-order valence-corrected chi connectivity index (χ2v) is 18.6. The molecule has 1 aromatic heterocycles. The first-order valence-electron chi connectivity index (χ1n) is 20.5. The molecule has 0 spiro atoms. The van der Waals surface area contributed by atoms with Gasteiger partial charge in [-0.3, -0.25) is 39.1 Å². The molecule has 314 valence electrons. The molecule has 2 aromatic carbocycles. The van der Waals surface area contributed by atoms with Gasteiger partial charge in [0.05, 0.1) is 21.7 Å². The Morgan fingerprint density at radius 1 is 0.967 bits per heavy atom. The van der Waals surface area contributed by atoms with Crippen LogP contribution in [-0.4, -0.2) is 106 Å². The van der Waals surface area contributed by atoms with Crippen LogP contribution in [0.5, 0.6) is 11.5 Å². The van der Waals surface area contributed by atoms with Gasteiger partial charge in [-0.2, -0.15) is 5.26 Å². The van der Waals surface area contributed by atoms with E-state index in [0.717, 1.165) is 43.2 Å². The Hall–Kier alpha value is -5.59. The first kappa shape index (κ1) is 41.2. The van der Waals surface area contributed by atoms with Crippen LogP contribution in [0.25, 0.3) is 0 Å². The molecule has 2 N–H and O–H groups in total. The average molecular weight is 837 g/mol. The molecule has 5 amide bonds. The number of piperidine rings is 1. The molecule has 0 radical (unpaired) electrons. The molecule has 15 nitrogen and oxygen atoms in total. The summed E-state index contributed by atoms with van der Waals surface area (Å²) in [4.78, 5) is 69.4. The Labute approximate surface area is 353 Å². The number of hydrogen-bond donors (Lipinski definition) is 2. The number of carbonyl (C=O) groups excluding carboxylic acids is 5. The third-order valence-electron chi connectivity index (χ3n) is 13.0. The predicted octanol–water partition coefficient (Wildman–Crippen LogP) is 4.77. The smallest absolute Gasteiger partial charge is 0.272 e. The highest BCUT2D eigenvalue weighted by Gasteiger charge is 2.64. The molecule has 3 aromatic rings.